The smallest absolute Gasteiger partial charge is 0.248 e. The summed E-state index contributed by atoms with van der Waals surface area (Å²) >= 11 is 0. The van der Waals surface area contributed by atoms with Crippen LogP contribution in [-0.4, -0.2) is 40.2 Å². The molecule has 0 bridgehead atoms. The molecular weight excluding hydrogens is 246 g/mol. The first kappa shape index (κ1) is 13.5. The predicted octanol–water partition coefficient (Wildman–Crippen LogP) is 0.0439. The Kier molecular flexibility index (Phi) is 4.16. The number of amides is 1. The summed E-state index contributed by atoms with van der Waals surface area (Å²) in [6.07, 6.45) is 1.000. The zero-order chi connectivity index (χ0) is 13.8. The van der Waals surface area contributed by atoms with Crippen LogP contribution in [0.5, 0.6) is 0 Å². The quantitative estimate of drug-likeness (QED) is 0.554. The van der Waals surface area contributed by atoms with E-state index in [-0.39, 0.29) is 6.54 Å². The summed E-state index contributed by atoms with van der Waals surface area (Å²) in [6.45, 7) is 2.80. The molecule has 1 fully saturated rings. The van der Waals surface area contributed by atoms with Crippen molar-refractivity contribution in [1.82, 2.24) is 9.97 Å². The van der Waals surface area contributed by atoms with Gasteiger partial charge in [-0.15, -0.1) is 0 Å². The first-order chi connectivity index (χ1) is 9.10. The Labute approximate surface area is 111 Å². The fourth-order valence-corrected chi connectivity index (χ4v) is 1.65. The summed E-state index contributed by atoms with van der Waals surface area (Å²) in [5.41, 5.74) is 4.99. The van der Waals surface area contributed by atoms with Gasteiger partial charge in [0.25, 0.3) is 0 Å². The maximum atomic E-state index is 10.8. The molecule has 104 valence electrons. The fourth-order valence-electron chi connectivity index (χ4n) is 1.65. The molecule has 1 amide bonds. The second-order valence-electron chi connectivity index (χ2n) is 4.60. The van der Waals surface area contributed by atoms with Crippen molar-refractivity contribution in [3.63, 3.8) is 0 Å². The van der Waals surface area contributed by atoms with Gasteiger partial charge < -0.3 is 21.5 Å². The van der Waals surface area contributed by atoms with E-state index < -0.39 is 12.0 Å². The predicted molar refractivity (Wildman–Crippen MR) is 71.9 cm³/mol. The number of nitrogens with two attached hydrogens (primary N) is 1. The van der Waals surface area contributed by atoms with Crippen molar-refractivity contribution in [2.45, 2.75) is 31.8 Å². The highest BCUT2D eigenvalue weighted by Gasteiger charge is 2.27. The molecule has 0 spiro atoms. The van der Waals surface area contributed by atoms with Crippen molar-refractivity contribution in [3.05, 3.63) is 11.9 Å². The van der Waals surface area contributed by atoms with E-state index in [1.807, 2.05) is 6.92 Å². The minimum atomic E-state index is -1.22. The summed E-state index contributed by atoms with van der Waals surface area (Å²) in [6, 6.07) is 1.75. The van der Waals surface area contributed by atoms with Crippen LogP contribution in [0.1, 0.15) is 31.5 Å². The second-order valence-corrected chi connectivity index (χ2v) is 4.60. The lowest BCUT2D eigenvalue weighted by Crippen LogP contribution is -2.34. The number of aliphatic hydroxyl groups is 1. The van der Waals surface area contributed by atoms with Crippen molar-refractivity contribution in [2.24, 2.45) is 5.73 Å². The molecule has 7 heteroatoms. The SMILES string of the molecule is CCNc1cc(NCC(O)C(N)=O)nc(C2CC2)n1. The average molecular weight is 265 g/mol. The summed E-state index contributed by atoms with van der Waals surface area (Å²) in [4.78, 5) is 19.6. The van der Waals surface area contributed by atoms with E-state index in [1.165, 1.54) is 0 Å². The van der Waals surface area contributed by atoms with Crippen molar-refractivity contribution in [1.29, 1.82) is 0 Å². The molecule has 0 radical (unpaired) electrons. The van der Waals surface area contributed by atoms with Gasteiger partial charge >= 0.3 is 0 Å². The van der Waals surface area contributed by atoms with E-state index in [4.69, 9.17) is 5.73 Å². The highest BCUT2D eigenvalue weighted by atomic mass is 16.3. The normalized spacial score (nSPS) is 15.9. The fraction of sp³-hybridized carbons (Fsp3) is 0.583. The van der Waals surface area contributed by atoms with Crippen LogP contribution >= 0.6 is 0 Å². The molecule has 0 aliphatic heterocycles. The molecule has 0 saturated heterocycles. The number of aliphatic hydroxyl groups excluding tert-OH is 1. The number of hydrogen-bond acceptors (Lipinski definition) is 6. The van der Waals surface area contributed by atoms with Crippen LogP contribution < -0.4 is 16.4 Å². The Morgan fingerprint density at radius 3 is 2.63 bits per heavy atom. The van der Waals surface area contributed by atoms with Gasteiger partial charge in [0.15, 0.2) is 0 Å². The second kappa shape index (κ2) is 5.83. The molecule has 0 aromatic carbocycles. The zero-order valence-corrected chi connectivity index (χ0v) is 10.9. The molecule has 7 nitrogen and oxygen atoms in total. The third-order valence-electron chi connectivity index (χ3n) is 2.85. The highest BCUT2D eigenvalue weighted by Crippen LogP contribution is 2.38. The standard InChI is InChI=1S/C12H19N5O2/c1-2-14-9-5-10(15-6-8(18)11(13)19)17-12(16-9)7-3-4-7/h5,7-8,18H,2-4,6H2,1H3,(H2,13,19)(H2,14,15,16,17). The van der Waals surface area contributed by atoms with E-state index in [1.54, 1.807) is 6.07 Å². The first-order valence-corrected chi connectivity index (χ1v) is 6.44. The van der Waals surface area contributed by atoms with Crippen LogP contribution in [0.3, 0.4) is 0 Å². The van der Waals surface area contributed by atoms with Gasteiger partial charge in [-0.2, -0.15) is 0 Å². The summed E-state index contributed by atoms with van der Waals surface area (Å²) < 4.78 is 0. The van der Waals surface area contributed by atoms with Crippen molar-refractivity contribution < 1.29 is 9.90 Å². The average Bonchev–Trinajstić information content (AvgIpc) is 3.20. The van der Waals surface area contributed by atoms with Crippen molar-refractivity contribution in [2.75, 3.05) is 23.7 Å². The first-order valence-electron chi connectivity index (χ1n) is 6.44. The van der Waals surface area contributed by atoms with Gasteiger partial charge in [0.05, 0.1) is 6.54 Å². The molecule has 1 unspecified atom stereocenters. The largest absolute Gasteiger partial charge is 0.381 e. The minimum absolute atomic E-state index is 0.0437. The van der Waals surface area contributed by atoms with Crippen LogP contribution in [0.4, 0.5) is 11.6 Å². The number of nitrogens with zero attached hydrogens (tertiary/aromatic N) is 2. The lowest BCUT2D eigenvalue weighted by molar-refractivity contribution is -0.125. The Morgan fingerprint density at radius 1 is 1.47 bits per heavy atom. The molecule has 1 aliphatic carbocycles. The van der Waals surface area contributed by atoms with Gasteiger partial charge in [0, 0.05) is 18.5 Å². The number of carbonyl (C=O) groups is 1. The maximum Gasteiger partial charge on any atom is 0.248 e. The molecule has 1 aromatic rings. The van der Waals surface area contributed by atoms with E-state index in [9.17, 15) is 9.90 Å². The molecular formula is C12H19N5O2. The number of carbonyl (C=O) groups excluding carboxylic acids is 1. The lowest BCUT2D eigenvalue weighted by Gasteiger charge is -2.12. The van der Waals surface area contributed by atoms with Crippen LogP contribution in [0.2, 0.25) is 0 Å². The van der Waals surface area contributed by atoms with Crippen LogP contribution in [0.25, 0.3) is 0 Å². The van der Waals surface area contributed by atoms with Crippen LogP contribution in [-0.2, 0) is 4.79 Å². The number of nitrogens with one attached hydrogen (secondary N) is 2. The van der Waals surface area contributed by atoms with Crippen molar-refractivity contribution >= 4 is 17.5 Å². The molecule has 1 atom stereocenters. The van der Waals surface area contributed by atoms with Crippen LogP contribution in [0.15, 0.2) is 6.07 Å². The lowest BCUT2D eigenvalue weighted by atomic mass is 10.3. The number of aromatic nitrogens is 2. The number of anilines is 2. The Bertz CT molecular complexity index is 461. The summed E-state index contributed by atoms with van der Waals surface area (Å²) in [7, 11) is 0. The topological polar surface area (TPSA) is 113 Å². The molecule has 5 N–H and O–H groups in total. The van der Waals surface area contributed by atoms with E-state index in [0.717, 1.165) is 31.0 Å². The third-order valence-corrected chi connectivity index (χ3v) is 2.85. The molecule has 1 heterocycles. The molecule has 1 saturated carbocycles. The van der Waals surface area contributed by atoms with Gasteiger partial charge in [-0.05, 0) is 19.8 Å². The van der Waals surface area contributed by atoms with E-state index >= 15 is 0 Å². The van der Waals surface area contributed by atoms with Gasteiger partial charge in [-0.1, -0.05) is 0 Å². The van der Waals surface area contributed by atoms with Gasteiger partial charge in [-0.3, -0.25) is 4.79 Å². The number of hydrogen-bond donors (Lipinski definition) is 4. The zero-order valence-electron chi connectivity index (χ0n) is 10.9. The maximum absolute atomic E-state index is 10.8. The minimum Gasteiger partial charge on any atom is -0.381 e. The number of rotatable bonds is 7. The van der Waals surface area contributed by atoms with Crippen molar-refractivity contribution in [3.8, 4) is 0 Å². The summed E-state index contributed by atoms with van der Waals surface area (Å²) in [5, 5.41) is 15.4. The molecule has 1 aliphatic rings. The van der Waals surface area contributed by atoms with Gasteiger partial charge in [0.1, 0.15) is 23.6 Å². The Morgan fingerprint density at radius 2 is 2.11 bits per heavy atom. The highest BCUT2D eigenvalue weighted by molar-refractivity contribution is 5.79. The Balaban J connectivity index is 2.07. The van der Waals surface area contributed by atoms with Gasteiger partial charge in [-0.25, -0.2) is 9.97 Å². The van der Waals surface area contributed by atoms with Gasteiger partial charge in [0.2, 0.25) is 5.91 Å². The Hall–Kier alpha value is -1.89. The third kappa shape index (κ3) is 3.78. The summed E-state index contributed by atoms with van der Waals surface area (Å²) in [5.74, 6) is 1.81. The molecule has 19 heavy (non-hydrogen) atoms. The molecule has 2 rings (SSSR count). The molecule has 1 aromatic heterocycles. The number of primary amides is 1. The van der Waals surface area contributed by atoms with E-state index in [0.29, 0.717) is 11.7 Å². The van der Waals surface area contributed by atoms with Crippen LogP contribution in [0, 0.1) is 0 Å². The monoisotopic (exact) mass is 265 g/mol. The van der Waals surface area contributed by atoms with E-state index in [2.05, 4.69) is 20.6 Å².